The lowest BCUT2D eigenvalue weighted by Gasteiger charge is -2.07. The van der Waals surface area contributed by atoms with Crippen LogP contribution in [-0.4, -0.2) is 168 Å². The third-order valence-corrected chi connectivity index (χ3v) is 4.33. The maximum Gasteiger partial charge on any atom is 0.321 e. The number of carbonyl (C=O) groups is 9. The first-order chi connectivity index (χ1) is 24.8. The van der Waals surface area contributed by atoms with Crippen molar-refractivity contribution in [1.29, 1.82) is 0 Å². The quantitative estimate of drug-likeness (QED) is 0.0767. The minimum absolute atomic E-state index is 0.190. The molecule has 0 aromatic rings. The Kier molecular flexibility index (Phi) is 67.6. The molecule has 0 rings (SSSR count). The van der Waals surface area contributed by atoms with Crippen molar-refractivity contribution in [3.05, 3.63) is 0 Å². The Bertz CT molecular complexity index is 950. The van der Waals surface area contributed by atoms with E-state index in [1.54, 1.807) is 0 Å². The van der Waals surface area contributed by atoms with Gasteiger partial charge in [-0.15, -0.1) is 0 Å². The third kappa shape index (κ3) is 113. The molecule has 0 saturated carbocycles. The van der Waals surface area contributed by atoms with Crippen LogP contribution in [0.2, 0.25) is 0 Å². The molecule has 0 aromatic carbocycles. The van der Waals surface area contributed by atoms with Gasteiger partial charge in [-0.2, -0.15) is 25.3 Å². The molecule has 0 aromatic heterocycles. The number of nitrogens with two attached hydrogens (primary N) is 9. The maximum absolute atomic E-state index is 10.1. The Morgan fingerprint density at radius 2 is 0.545 bits per heavy atom. The van der Waals surface area contributed by atoms with Crippen LogP contribution in [0.5, 0.6) is 0 Å². The van der Waals surface area contributed by atoms with Gasteiger partial charge < -0.3 is 97.6 Å². The maximum atomic E-state index is 10.1. The highest BCUT2D eigenvalue weighted by Gasteiger charge is 2.12. The van der Waals surface area contributed by atoms with Crippen LogP contribution in [0.1, 0.15) is 34.1 Å². The van der Waals surface area contributed by atoms with E-state index in [0.29, 0.717) is 12.3 Å². The fraction of sp³-hybridized carbons (Fsp3) is 0.654. The molecular formula is C26H61N9O18S2. The van der Waals surface area contributed by atoms with Crippen LogP contribution in [0.25, 0.3) is 0 Å². The molecule has 0 saturated heterocycles. The fourth-order valence-electron chi connectivity index (χ4n) is 0.765. The van der Waals surface area contributed by atoms with E-state index in [9.17, 15) is 43.2 Å². The van der Waals surface area contributed by atoms with Gasteiger partial charge in [-0.1, -0.05) is 13.8 Å². The van der Waals surface area contributed by atoms with Gasteiger partial charge in [0.05, 0.1) is 26.2 Å². The van der Waals surface area contributed by atoms with E-state index in [1.807, 2.05) is 13.8 Å². The Morgan fingerprint density at radius 3 is 0.564 bits per heavy atom. The number of carboxylic acids is 9. The van der Waals surface area contributed by atoms with Crippen LogP contribution in [0.15, 0.2) is 0 Å². The number of carboxylic acid groups (broad SMARTS) is 9. The van der Waals surface area contributed by atoms with Gasteiger partial charge in [-0.3, -0.25) is 43.2 Å². The van der Waals surface area contributed by atoms with Crippen molar-refractivity contribution in [1.82, 2.24) is 0 Å². The zero-order valence-corrected chi connectivity index (χ0v) is 32.5. The van der Waals surface area contributed by atoms with Crippen molar-refractivity contribution >= 4 is 79.0 Å². The second-order valence-electron chi connectivity index (χ2n) is 9.47. The number of hydrogen-bond acceptors (Lipinski definition) is 20. The van der Waals surface area contributed by atoms with Gasteiger partial charge in [-0.05, 0) is 26.2 Å². The summed E-state index contributed by atoms with van der Waals surface area (Å²) in [4.78, 5) is 85.7. The average Bonchev–Trinajstić information content (AvgIpc) is 3.08. The van der Waals surface area contributed by atoms with Crippen molar-refractivity contribution in [2.24, 2.45) is 57.5 Å². The van der Waals surface area contributed by atoms with Crippen LogP contribution in [0.4, 0.5) is 0 Å². The molecule has 0 spiro atoms. The summed E-state index contributed by atoms with van der Waals surface area (Å²) in [7, 11) is 0. The highest BCUT2D eigenvalue weighted by Crippen LogP contribution is 2.01. The van der Waals surface area contributed by atoms with E-state index < -0.39 is 83.9 Å². The highest BCUT2D eigenvalue weighted by molar-refractivity contribution is 7.80. The van der Waals surface area contributed by atoms with E-state index in [0.717, 1.165) is 0 Å². The number of aliphatic carboxylic acids is 9. The summed E-state index contributed by atoms with van der Waals surface area (Å²) in [6.45, 7) is 5.62. The molecule has 330 valence electrons. The molecule has 0 radical (unpaired) electrons. The van der Waals surface area contributed by atoms with E-state index in [-0.39, 0.29) is 37.7 Å². The molecule has 0 bridgehead atoms. The van der Waals surface area contributed by atoms with Crippen LogP contribution in [0, 0.1) is 5.92 Å². The monoisotopic (exact) mass is 851 g/mol. The fourth-order valence-corrected chi connectivity index (χ4v) is 1.08. The molecular weight excluding hydrogens is 790 g/mol. The summed E-state index contributed by atoms with van der Waals surface area (Å²) in [5.41, 5.74) is 43.1. The lowest BCUT2D eigenvalue weighted by atomic mass is 10.1. The summed E-state index contributed by atoms with van der Waals surface area (Å²) in [6, 6.07) is -3.79. The van der Waals surface area contributed by atoms with E-state index in [2.05, 4.69) is 48.2 Å². The molecule has 0 aliphatic heterocycles. The second kappa shape index (κ2) is 51.7. The van der Waals surface area contributed by atoms with E-state index in [1.165, 1.54) is 13.8 Å². The zero-order chi connectivity index (χ0) is 46.6. The lowest BCUT2D eigenvalue weighted by molar-refractivity contribution is -0.139. The van der Waals surface area contributed by atoms with Gasteiger partial charge in [0, 0.05) is 11.5 Å². The number of rotatable bonds is 13. The van der Waals surface area contributed by atoms with Crippen LogP contribution >= 0.6 is 25.3 Å². The van der Waals surface area contributed by atoms with Crippen molar-refractivity contribution in [2.75, 3.05) is 37.7 Å². The molecule has 0 unspecified atom stereocenters. The van der Waals surface area contributed by atoms with E-state index in [4.69, 9.17) is 74.6 Å². The lowest BCUT2D eigenvalue weighted by Crippen LogP contribution is -2.31. The zero-order valence-electron chi connectivity index (χ0n) is 30.7. The molecule has 0 amide bonds. The Morgan fingerprint density at radius 1 is 0.400 bits per heavy atom. The SMILES string of the molecule is CC(C)C[C@H](N)C(=O)O.C[C@H](N)C(=O)O.C[C@H](N)C(=O)O.NCC(=O)O.NCC(=O)O.NCC(=O)O.NCC(=O)O.N[C@@H](CS)C(=O)O.N[C@@H](CS)C(=O)O. The molecule has 27 N–H and O–H groups in total. The topological polar surface area (TPSA) is 570 Å². The predicted octanol–water partition coefficient (Wildman–Crippen LogP) is -5.94. The van der Waals surface area contributed by atoms with Gasteiger partial charge in [0.15, 0.2) is 0 Å². The van der Waals surface area contributed by atoms with Crippen molar-refractivity contribution in [3.63, 3.8) is 0 Å². The summed E-state index contributed by atoms with van der Waals surface area (Å²) < 4.78 is 0. The number of thiol groups is 2. The van der Waals surface area contributed by atoms with Crippen molar-refractivity contribution in [3.8, 4) is 0 Å². The van der Waals surface area contributed by atoms with Gasteiger partial charge in [0.25, 0.3) is 0 Å². The Labute approximate surface area is 327 Å². The molecule has 0 aliphatic carbocycles. The second-order valence-corrected chi connectivity index (χ2v) is 10.2. The van der Waals surface area contributed by atoms with Gasteiger partial charge in [0.2, 0.25) is 0 Å². The highest BCUT2D eigenvalue weighted by atomic mass is 32.1. The largest absolute Gasteiger partial charge is 0.480 e. The minimum atomic E-state index is -1.00. The van der Waals surface area contributed by atoms with Crippen molar-refractivity contribution < 1.29 is 89.1 Å². The molecule has 29 heteroatoms. The Balaban J connectivity index is -0.0000000623. The summed E-state index contributed by atoms with van der Waals surface area (Å²) in [6.07, 6.45) is 0.551. The van der Waals surface area contributed by atoms with Gasteiger partial charge in [-0.25, -0.2) is 0 Å². The Hall–Kier alpha value is -4.43. The van der Waals surface area contributed by atoms with Crippen molar-refractivity contribution in [2.45, 2.75) is 64.3 Å². The number of hydrogen-bond donors (Lipinski definition) is 20. The summed E-state index contributed by atoms with van der Waals surface area (Å²) in [5.74, 6) is -7.98. The first-order valence-corrected chi connectivity index (χ1v) is 15.8. The third-order valence-electron chi connectivity index (χ3n) is 3.55. The molecule has 27 nitrogen and oxygen atoms in total. The van der Waals surface area contributed by atoms with Gasteiger partial charge in [0.1, 0.15) is 30.2 Å². The molecule has 0 heterocycles. The normalized spacial score (nSPS) is 11.3. The average molecular weight is 852 g/mol. The van der Waals surface area contributed by atoms with Crippen LogP contribution in [0.3, 0.4) is 0 Å². The first-order valence-electron chi connectivity index (χ1n) is 14.6. The summed E-state index contributed by atoms with van der Waals surface area (Å²) >= 11 is 7.30. The van der Waals surface area contributed by atoms with Crippen LogP contribution < -0.4 is 51.6 Å². The first kappa shape index (κ1) is 71.9. The molecule has 0 fully saturated rings. The minimum Gasteiger partial charge on any atom is -0.480 e. The van der Waals surface area contributed by atoms with E-state index >= 15 is 0 Å². The molecule has 0 aliphatic rings. The molecule has 55 heavy (non-hydrogen) atoms. The van der Waals surface area contributed by atoms with Gasteiger partial charge >= 0.3 is 53.7 Å². The summed E-state index contributed by atoms with van der Waals surface area (Å²) in [5, 5.41) is 70.4. The smallest absolute Gasteiger partial charge is 0.321 e. The molecule has 5 atom stereocenters. The van der Waals surface area contributed by atoms with Crippen LogP contribution in [-0.2, 0) is 43.2 Å². The predicted molar refractivity (Wildman–Crippen MR) is 203 cm³/mol. The standard InChI is InChI=1S/C6H13NO2.2C3H7NO2S.2C3H7NO2.4C2H5NO2/c1-4(2)3-5(7)6(8)9;2*4-2(1-7)3(5)6;2*1-2(4)3(5)6;4*3-1-2(4)5/h4-5H,3,7H2,1-2H3,(H,8,9);2*2,7H,1,4H2,(H,5,6);2*2H,4H2,1H3,(H,5,6);4*1,3H2,(H,4,5)/t5-;4*2-;;;;/m00000..../s1.